The fraction of sp³-hybridized carbons (Fsp3) is 0.400. The summed E-state index contributed by atoms with van der Waals surface area (Å²) in [6, 6.07) is 7.90. The van der Waals surface area contributed by atoms with Gasteiger partial charge in [-0.2, -0.15) is 4.31 Å². The minimum absolute atomic E-state index is 0.0589. The summed E-state index contributed by atoms with van der Waals surface area (Å²) in [4.78, 5) is 15.1. The summed E-state index contributed by atoms with van der Waals surface area (Å²) in [5, 5.41) is 14.5. The molecule has 2 aromatic rings. The van der Waals surface area contributed by atoms with Gasteiger partial charge in [-0.05, 0) is 49.1 Å². The molecular formula is C20H25N5O4S. The summed E-state index contributed by atoms with van der Waals surface area (Å²) in [6.07, 6.45) is 3.85. The first kappa shape index (κ1) is 20.6. The lowest BCUT2D eigenvalue weighted by Gasteiger charge is -2.36. The number of anilines is 2. The minimum atomic E-state index is -3.56. The van der Waals surface area contributed by atoms with Crippen LogP contribution in [-0.2, 0) is 14.8 Å². The van der Waals surface area contributed by atoms with E-state index >= 15 is 0 Å². The van der Waals surface area contributed by atoms with E-state index in [1.807, 2.05) is 0 Å². The van der Waals surface area contributed by atoms with Crippen LogP contribution in [0.1, 0.15) is 18.4 Å². The van der Waals surface area contributed by atoms with E-state index in [0.717, 1.165) is 6.54 Å². The van der Waals surface area contributed by atoms with E-state index in [1.54, 1.807) is 31.5 Å². The van der Waals surface area contributed by atoms with Gasteiger partial charge in [0.05, 0.1) is 16.7 Å². The quantitative estimate of drug-likeness (QED) is 0.372. The monoisotopic (exact) mass is 431 g/mol. The summed E-state index contributed by atoms with van der Waals surface area (Å²) in [7, 11) is -1.99. The number of pyridine rings is 1. The third-order valence-electron chi connectivity index (χ3n) is 5.40. The maximum atomic E-state index is 12.6. The molecule has 0 unspecified atom stereocenters. The van der Waals surface area contributed by atoms with E-state index < -0.39 is 10.0 Å². The van der Waals surface area contributed by atoms with Crippen molar-refractivity contribution in [1.29, 1.82) is 5.41 Å². The van der Waals surface area contributed by atoms with Crippen molar-refractivity contribution < 1.29 is 13.2 Å². The molecule has 2 fully saturated rings. The van der Waals surface area contributed by atoms with Crippen LogP contribution in [0.5, 0.6) is 0 Å². The third kappa shape index (κ3) is 4.25. The van der Waals surface area contributed by atoms with Crippen molar-refractivity contribution >= 4 is 27.2 Å². The van der Waals surface area contributed by atoms with Gasteiger partial charge in [0.1, 0.15) is 11.4 Å². The molecule has 1 aromatic carbocycles. The molecule has 1 aliphatic heterocycles. The Morgan fingerprint density at radius 2 is 1.93 bits per heavy atom. The van der Waals surface area contributed by atoms with Crippen molar-refractivity contribution in [1.82, 2.24) is 9.29 Å². The topological polar surface area (TPSA) is 127 Å². The zero-order chi connectivity index (χ0) is 21.3. The van der Waals surface area contributed by atoms with Gasteiger partial charge in [-0.25, -0.2) is 8.42 Å². The summed E-state index contributed by atoms with van der Waals surface area (Å²) in [6.45, 7) is 1.46. The van der Waals surface area contributed by atoms with Gasteiger partial charge in [0.25, 0.3) is 5.56 Å². The van der Waals surface area contributed by atoms with Gasteiger partial charge >= 0.3 is 0 Å². The van der Waals surface area contributed by atoms with Crippen LogP contribution in [0.2, 0.25) is 0 Å². The van der Waals surface area contributed by atoms with Gasteiger partial charge < -0.3 is 20.4 Å². The van der Waals surface area contributed by atoms with E-state index in [9.17, 15) is 13.2 Å². The highest BCUT2D eigenvalue weighted by Gasteiger charge is 2.36. The molecule has 4 rings (SSSR count). The number of hydrogen-bond donors (Lipinski definition) is 4. The van der Waals surface area contributed by atoms with Crippen molar-refractivity contribution in [2.45, 2.75) is 23.8 Å². The van der Waals surface area contributed by atoms with E-state index in [2.05, 4.69) is 15.6 Å². The number of methoxy groups -OCH3 is 1. The van der Waals surface area contributed by atoms with Crippen molar-refractivity contribution in [3.63, 3.8) is 0 Å². The Hall–Kier alpha value is -2.69. The first-order chi connectivity index (χ1) is 14.4. The predicted octanol–water partition coefficient (Wildman–Crippen LogP) is 1.65. The van der Waals surface area contributed by atoms with Gasteiger partial charge in [0.2, 0.25) is 10.0 Å². The highest BCUT2D eigenvalue weighted by Crippen LogP contribution is 2.29. The fourth-order valence-corrected chi connectivity index (χ4v) is 4.77. The van der Waals surface area contributed by atoms with E-state index in [0.29, 0.717) is 30.4 Å². The summed E-state index contributed by atoms with van der Waals surface area (Å²) < 4.78 is 31.7. The number of H-pyrrole nitrogens is 1. The molecule has 0 atom stereocenters. The molecule has 1 aromatic heterocycles. The SMILES string of the molecule is COC1CN(S(=O)(=O)c2ccc(NC(=N)c3c(NCC4CC4)cc[nH]c3=O)cc2)C1. The molecule has 1 saturated carbocycles. The van der Waals surface area contributed by atoms with Gasteiger partial charge in [0.15, 0.2) is 0 Å². The number of hydrogen-bond acceptors (Lipinski definition) is 6. The van der Waals surface area contributed by atoms with Gasteiger partial charge in [0, 0.05) is 38.6 Å². The molecule has 0 amide bonds. The molecule has 0 spiro atoms. The molecule has 4 N–H and O–H groups in total. The molecule has 10 heteroatoms. The van der Waals surface area contributed by atoms with Crippen molar-refractivity contribution in [3.05, 3.63) is 52.4 Å². The van der Waals surface area contributed by atoms with Crippen LogP contribution in [0.15, 0.2) is 46.2 Å². The van der Waals surface area contributed by atoms with Crippen LogP contribution in [0.25, 0.3) is 0 Å². The average Bonchev–Trinajstić information content (AvgIpc) is 3.50. The number of ether oxygens (including phenoxy) is 1. The van der Waals surface area contributed by atoms with Gasteiger partial charge in [-0.3, -0.25) is 10.2 Å². The standard InChI is InChI=1S/C20H25N5O4S/c1-29-15-11-25(12-15)30(27,28)16-6-4-14(5-7-16)24-19(21)18-17(8-9-22-20(18)26)23-10-13-2-3-13/h4-9,13,15H,2-3,10-12H2,1H3,(H2,21,24)(H2,22,23,26). The average molecular weight is 432 g/mol. The van der Waals surface area contributed by atoms with Crippen LogP contribution in [0.3, 0.4) is 0 Å². The summed E-state index contributed by atoms with van der Waals surface area (Å²) in [5.41, 5.74) is 0.987. The first-order valence-corrected chi connectivity index (χ1v) is 11.3. The second kappa shape index (κ2) is 8.21. The highest BCUT2D eigenvalue weighted by atomic mass is 32.2. The Kier molecular flexibility index (Phi) is 5.63. The molecule has 0 radical (unpaired) electrons. The van der Waals surface area contributed by atoms with Crippen LogP contribution in [0, 0.1) is 11.3 Å². The van der Waals surface area contributed by atoms with Crippen LogP contribution < -0.4 is 16.2 Å². The number of nitrogens with zero attached hydrogens (tertiary/aromatic N) is 1. The van der Waals surface area contributed by atoms with Crippen molar-refractivity contribution in [2.75, 3.05) is 37.4 Å². The normalized spacial score (nSPS) is 17.4. The number of sulfonamides is 1. The highest BCUT2D eigenvalue weighted by molar-refractivity contribution is 7.89. The van der Waals surface area contributed by atoms with Gasteiger partial charge in [-0.1, -0.05) is 0 Å². The second-order valence-electron chi connectivity index (χ2n) is 7.62. The first-order valence-electron chi connectivity index (χ1n) is 9.83. The molecule has 160 valence electrons. The Morgan fingerprint density at radius 1 is 1.23 bits per heavy atom. The Bertz CT molecular complexity index is 1090. The zero-order valence-corrected chi connectivity index (χ0v) is 17.5. The number of amidine groups is 1. The lowest BCUT2D eigenvalue weighted by molar-refractivity contribution is 0.0125. The molecule has 30 heavy (non-hydrogen) atoms. The van der Waals surface area contributed by atoms with E-state index in [-0.39, 0.29) is 28.0 Å². The summed E-state index contributed by atoms with van der Waals surface area (Å²) >= 11 is 0. The molecule has 9 nitrogen and oxygen atoms in total. The van der Waals surface area contributed by atoms with E-state index in [4.69, 9.17) is 10.1 Å². The Morgan fingerprint density at radius 3 is 2.57 bits per heavy atom. The number of aromatic amines is 1. The maximum absolute atomic E-state index is 12.6. The van der Waals surface area contributed by atoms with Crippen molar-refractivity contribution in [2.24, 2.45) is 5.92 Å². The molecular weight excluding hydrogens is 406 g/mol. The molecule has 2 heterocycles. The fourth-order valence-electron chi connectivity index (χ4n) is 3.26. The predicted molar refractivity (Wildman–Crippen MR) is 115 cm³/mol. The van der Waals surface area contributed by atoms with Crippen LogP contribution in [-0.4, -0.2) is 56.4 Å². The smallest absolute Gasteiger partial charge is 0.261 e. The van der Waals surface area contributed by atoms with Gasteiger partial charge in [-0.15, -0.1) is 0 Å². The zero-order valence-electron chi connectivity index (χ0n) is 16.6. The molecule has 0 bridgehead atoms. The number of aromatic nitrogens is 1. The lowest BCUT2D eigenvalue weighted by Crippen LogP contribution is -2.54. The Balaban J connectivity index is 1.46. The number of benzene rings is 1. The summed E-state index contributed by atoms with van der Waals surface area (Å²) in [5.74, 6) is 0.566. The van der Waals surface area contributed by atoms with E-state index in [1.165, 1.54) is 29.3 Å². The largest absolute Gasteiger partial charge is 0.384 e. The molecule has 2 aliphatic rings. The number of rotatable bonds is 8. The maximum Gasteiger partial charge on any atom is 0.261 e. The molecule has 1 saturated heterocycles. The van der Waals surface area contributed by atoms with Crippen molar-refractivity contribution in [3.8, 4) is 0 Å². The Labute approximate surface area is 175 Å². The molecule has 1 aliphatic carbocycles. The second-order valence-corrected chi connectivity index (χ2v) is 9.56. The third-order valence-corrected chi connectivity index (χ3v) is 7.24. The minimum Gasteiger partial charge on any atom is -0.384 e. The number of nitrogens with one attached hydrogen (secondary N) is 4. The lowest BCUT2D eigenvalue weighted by atomic mass is 10.2. The van der Waals surface area contributed by atoms with Crippen LogP contribution in [0.4, 0.5) is 11.4 Å². The van der Waals surface area contributed by atoms with Crippen LogP contribution >= 0.6 is 0 Å².